The first-order valence-electron chi connectivity index (χ1n) is 16.0. The van der Waals surface area contributed by atoms with E-state index >= 15 is 0 Å². The van der Waals surface area contributed by atoms with E-state index < -0.39 is 24.3 Å². The molecule has 0 bridgehead atoms. The molecule has 5 aromatic rings. The quantitative estimate of drug-likeness (QED) is 0.0868. The summed E-state index contributed by atoms with van der Waals surface area (Å²) in [6.45, 7) is 0.390. The molecule has 3 atom stereocenters. The average Bonchev–Trinajstić information content (AvgIpc) is 3.15. The molecule has 0 amide bonds. The summed E-state index contributed by atoms with van der Waals surface area (Å²) < 4.78 is 31.1. The highest BCUT2D eigenvalue weighted by molar-refractivity contribution is 5.89. The van der Waals surface area contributed by atoms with Crippen LogP contribution in [0.5, 0.6) is 0 Å². The van der Waals surface area contributed by atoms with E-state index in [0.717, 1.165) is 22.3 Å². The molecule has 0 saturated carbocycles. The summed E-state index contributed by atoms with van der Waals surface area (Å²) in [5, 5.41) is 0. The van der Waals surface area contributed by atoms with Crippen LogP contribution in [0.15, 0.2) is 152 Å². The lowest BCUT2D eigenvalue weighted by Crippen LogP contribution is -2.49. The number of hydrogen-bond donors (Lipinski definition) is 0. The Balaban J connectivity index is 1.43. The Bertz CT molecular complexity index is 1630. The predicted molar refractivity (Wildman–Crippen MR) is 183 cm³/mol. The number of ether oxygens (including phenoxy) is 5. The Kier molecular flexibility index (Phi) is 13.6. The lowest BCUT2D eigenvalue weighted by molar-refractivity contribution is -0.175. The molecule has 0 heterocycles. The first kappa shape index (κ1) is 34.4. The number of rotatable bonds is 19. The number of carbonyl (C=O) groups excluding carboxylic acids is 2. The van der Waals surface area contributed by atoms with Crippen LogP contribution in [-0.4, -0.2) is 43.3 Å². The molecular formula is C41H40O7. The van der Waals surface area contributed by atoms with Crippen molar-refractivity contribution in [2.24, 2.45) is 0 Å². The van der Waals surface area contributed by atoms with Crippen molar-refractivity contribution in [3.8, 4) is 0 Å². The zero-order chi connectivity index (χ0) is 33.2. The molecule has 0 saturated heterocycles. The van der Waals surface area contributed by atoms with Crippen LogP contribution in [0.4, 0.5) is 0 Å². The molecule has 0 aliphatic rings. The van der Waals surface area contributed by atoms with Gasteiger partial charge < -0.3 is 23.7 Å². The molecule has 0 aliphatic carbocycles. The number of hydrogen-bond acceptors (Lipinski definition) is 7. The van der Waals surface area contributed by atoms with Gasteiger partial charge in [-0.25, -0.2) is 4.79 Å². The van der Waals surface area contributed by atoms with Gasteiger partial charge in [0.1, 0.15) is 31.5 Å². The maximum atomic E-state index is 14.1. The highest BCUT2D eigenvalue weighted by Crippen LogP contribution is 2.21. The summed E-state index contributed by atoms with van der Waals surface area (Å²) in [6, 6.07) is 47.3. The molecule has 7 nitrogen and oxygen atoms in total. The third-order valence-electron chi connectivity index (χ3n) is 7.59. The first-order valence-corrected chi connectivity index (χ1v) is 16.0. The predicted octanol–water partition coefficient (Wildman–Crippen LogP) is 7.39. The Morgan fingerprint density at radius 1 is 0.479 bits per heavy atom. The van der Waals surface area contributed by atoms with Crippen molar-refractivity contribution in [3.63, 3.8) is 0 Å². The van der Waals surface area contributed by atoms with Gasteiger partial charge in [-0.05, 0) is 34.4 Å². The molecule has 5 aromatic carbocycles. The van der Waals surface area contributed by atoms with Crippen LogP contribution in [0.1, 0.15) is 32.6 Å². The summed E-state index contributed by atoms with van der Waals surface area (Å²) in [6.07, 6.45) is -2.95. The second-order valence-corrected chi connectivity index (χ2v) is 11.2. The fourth-order valence-electron chi connectivity index (χ4n) is 5.04. The summed E-state index contributed by atoms with van der Waals surface area (Å²) in [7, 11) is 0. The van der Waals surface area contributed by atoms with Gasteiger partial charge in [-0.2, -0.15) is 0 Å². The zero-order valence-electron chi connectivity index (χ0n) is 26.8. The van der Waals surface area contributed by atoms with Gasteiger partial charge in [-0.1, -0.05) is 140 Å². The SMILES string of the molecule is O=C(OC[C@@H](OCc1ccccc1)[C@@H](OCc1ccccc1)[C@H](OCc1ccccc1)C(=O)COCc1ccccc1)c1ccccc1. The van der Waals surface area contributed by atoms with Gasteiger partial charge in [0.15, 0.2) is 5.78 Å². The Labute approximate surface area is 282 Å². The van der Waals surface area contributed by atoms with E-state index in [1.807, 2.05) is 127 Å². The monoisotopic (exact) mass is 644 g/mol. The molecular weight excluding hydrogens is 604 g/mol. The van der Waals surface area contributed by atoms with Crippen LogP contribution >= 0.6 is 0 Å². The summed E-state index contributed by atoms with van der Waals surface area (Å²) >= 11 is 0. The van der Waals surface area contributed by atoms with Crippen LogP contribution < -0.4 is 0 Å². The van der Waals surface area contributed by atoms with Crippen LogP contribution in [0, 0.1) is 0 Å². The van der Waals surface area contributed by atoms with E-state index in [1.165, 1.54) is 0 Å². The van der Waals surface area contributed by atoms with Gasteiger partial charge in [-0.15, -0.1) is 0 Å². The van der Waals surface area contributed by atoms with Gasteiger partial charge >= 0.3 is 5.97 Å². The number of esters is 1. The van der Waals surface area contributed by atoms with Crippen molar-refractivity contribution < 1.29 is 33.3 Å². The number of carbonyl (C=O) groups is 2. The third kappa shape index (κ3) is 11.1. The topological polar surface area (TPSA) is 80.3 Å². The normalized spacial score (nSPS) is 12.9. The lowest BCUT2D eigenvalue weighted by atomic mass is 10.0. The molecule has 0 N–H and O–H groups in total. The molecule has 5 rings (SSSR count). The van der Waals surface area contributed by atoms with Crippen molar-refractivity contribution in [1.82, 2.24) is 0 Å². The molecule has 0 fully saturated rings. The van der Waals surface area contributed by atoms with Crippen LogP contribution in [0.25, 0.3) is 0 Å². The molecule has 0 unspecified atom stereocenters. The van der Waals surface area contributed by atoms with E-state index in [-0.39, 0.29) is 45.4 Å². The summed E-state index contributed by atoms with van der Waals surface area (Å²) in [5.41, 5.74) is 4.06. The summed E-state index contributed by atoms with van der Waals surface area (Å²) in [4.78, 5) is 27.1. The van der Waals surface area contributed by atoms with Gasteiger partial charge in [0.2, 0.25) is 0 Å². The molecule has 0 radical (unpaired) electrons. The fraction of sp³-hybridized carbons (Fsp3) is 0.220. The van der Waals surface area contributed by atoms with Crippen molar-refractivity contribution >= 4 is 11.8 Å². The minimum Gasteiger partial charge on any atom is -0.459 e. The second kappa shape index (κ2) is 19.0. The van der Waals surface area contributed by atoms with Gasteiger partial charge in [0.05, 0.1) is 32.0 Å². The fourth-order valence-corrected chi connectivity index (χ4v) is 5.04. The molecule has 0 spiro atoms. The Morgan fingerprint density at radius 2 is 0.896 bits per heavy atom. The largest absolute Gasteiger partial charge is 0.459 e. The zero-order valence-corrected chi connectivity index (χ0v) is 26.8. The minimum absolute atomic E-state index is 0.149. The van der Waals surface area contributed by atoms with E-state index in [4.69, 9.17) is 23.7 Å². The second-order valence-electron chi connectivity index (χ2n) is 11.2. The Morgan fingerprint density at radius 3 is 1.40 bits per heavy atom. The van der Waals surface area contributed by atoms with Gasteiger partial charge in [0, 0.05) is 0 Å². The van der Waals surface area contributed by atoms with E-state index in [9.17, 15) is 9.59 Å². The number of Topliss-reactive ketones (excluding diaryl/α,β-unsaturated/α-hetero) is 1. The maximum Gasteiger partial charge on any atom is 0.338 e. The molecule has 0 aromatic heterocycles. The minimum atomic E-state index is -1.11. The van der Waals surface area contributed by atoms with Crippen molar-refractivity contribution in [2.45, 2.75) is 44.7 Å². The molecule has 0 aliphatic heterocycles. The van der Waals surface area contributed by atoms with E-state index in [0.29, 0.717) is 5.56 Å². The van der Waals surface area contributed by atoms with E-state index in [1.54, 1.807) is 24.3 Å². The lowest BCUT2D eigenvalue weighted by Gasteiger charge is -2.33. The van der Waals surface area contributed by atoms with Gasteiger partial charge in [-0.3, -0.25) is 4.79 Å². The standard InChI is InChI=1S/C41H40O7/c42-37(30-44-26-32-16-6-1-7-17-32)39(46-28-34-20-10-3-11-21-34)40(47-29-35-22-12-4-13-23-35)38(45-27-33-18-8-2-9-19-33)31-48-41(43)36-24-14-5-15-25-36/h1-25,38-40H,26-31H2/t38-,39-,40-/m1/s1. The van der Waals surface area contributed by atoms with Crippen LogP contribution in [0.3, 0.4) is 0 Å². The van der Waals surface area contributed by atoms with Crippen LogP contribution in [0.2, 0.25) is 0 Å². The Hall–Kier alpha value is -4.92. The van der Waals surface area contributed by atoms with Crippen molar-refractivity contribution in [3.05, 3.63) is 179 Å². The molecule has 246 valence electrons. The molecule has 7 heteroatoms. The maximum absolute atomic E-state index is 14.1. The van der Waals surface area contributed by atoms with Gasteiger partial charge in [0.25, 0.3) is 0 Å². The highest BCUT2D eigenvalue weighted by atomic mass is 16.6. The first-order chi connectivity index (χ1) is 23.7. The van der Waals surface area contributed by atoms with E-state index in [2.05, 4.69) is 0 Å². The smallest absolute Gasteiger partial charge is 0.338 e. The number of ketones is 1. The van der Waals surface area contributed by atoms with Crippen molar-refractivity contribution in [1.29, 1.82) is 0 Å². The van der Waals surface area contributed by atoms with Crippen LogP contribution in [-0.2, 0) is 54.9 Å². The number of benzene rings is 5. The third-order valence-corrected chi connectivity index (χ3v) is 7.59. The van der Waals surface area contributed by atoms with Crippen molar-refractivity contribution in [2.75, 3.05) is 13.2 Å². The average molecular weight is 645 g/mol. The molecule has 48 heavy (non-hydrogen) atoms. The summed E-state index contributed by atoms with van der Waals surface area (Å²) in [5.74, 6) is -0.826. The highest BCUT2D eigenvalue weighted by Gasteiger charge is 2.38.